The van der Waals surface area contributed by atoms with E-state index in [0.29, 0.717) is 5.58 Å². The van der Waals surface area contributed by atoms with Crippen LogP contribution in [-0.2, 0) is 11.2 Å². The molecule has 0 spiro atoms. The molecule has 2 aromatic rings. The van der Waals surface area contributed by atoms with Gasteiger partial charge in [0.1, 0.15) is 11.1 Å². The zero-order valence-electron chi connectivity index (χ0n) is 8.90. The quantitative estimate of drug-likeness (QED) is 0.753. The van der Waals surface area contributed by atoms with Crippen LogP contribution in [0.3, 0.4) is 0 Å². The van der Waals surface area contributed by atoms with Crippen LogP contribution in [-0.4, -0.2) is 13.1 Å². The van der Waals surface area contributed by atoms with E-state index in [2.05, 4.69) is 4.74 Å². The fourth-order valence-corrected chi connectivity index (χ4v) is 2.36. The predicted octanol–water partition coefficient (Wildman–Crippen LogP) is 2.20. The summed E-state index contributed by atoms with van der Waals surface area (Å²) in [4.78, 5) is 23.9. The van der Waals surface area contributed by atoms with Crippen LogP contribution in [0.4, 0.5) is 0 Å². The number of carbonyl (C=O) groups excluding carboxylic acids is 1. The normalized spacial score (nSPS) is 10.6. The maximum Gasteiger partial charge on any atom is 0.351 e. The van der Waals surface area contributed by atoms with Crippen molar-refractivity contribution in [3.8, 4) is 0 Å². The third-order valence-corrected chi connectivity index (χ3v) is 3.44. The second kappa shape index (κ2) is 4.09. The SMILES string of the molecule is CCc1cc2oc(=O)c(C(=O)OC)cc2s1. The predicted molar refractivity (Wildman–Crippen MR) is 61.1 cm³/mol. The number of methoxy groups -OCH3 is 1. The van der Waals surface area contributed by atoms with Gasteiger partial charge in [0.25, 0.3) is 0 Å². The third-order valence-electron chi connectivity index (χ3n) is 2.23. The molecular weight excluding hydrogens is 228 g/mol. The van der Waals surface area contributed by atoms with Crippen molar-refractivity contribution in [2.24, 2.45) is 0 Å². The minimum Gasteiger partial charge on any atom is -0.465 e. The largest absolute Gasteiger partial charge is 0.465 e. The lowest BCUT2D eigenvalue weighted by atomic mass is 10.3. The second-order valence-corrected chi connectivity index (χ2v) is 4.40. The minimum absolute atomic E-state index is 0.0560. The molecule has 0 aliphatic carbocycles. The van der Waals surface area contributed by atoms with E-state index in [4.69, 9.17) is 4.42 Å². The molecule has 2 rings (SSSR count). The number of rotatable bonds is 2. The molecule has 5 heteroatoms. The lowest BCUT2D eigenvalue weighted by Crippen LogP contribution is -2.14. The van der Waals surface area contributed by atoms with Gasteiger partial charge in [-0.25, -0.2) is 9.59 Å². The topological polar surface area (TPSA) is 56.5 Å². The molecule has 0 saturated carbocycles. The number of esters is 1. The smallest absolute Gasteiger partial charge is 0.351 e. The highest BCUT2D eigenvalue weighted by Gasteiger charge is 2.15. The Balaban J connectivity index is 2.65. The van der Waals surface area contributed by atoms with E-state index in [-0.39, 0.29) is 5.56 Å². The van der Waals surface area contributed by atoms with Gasteiger partial charge in [0.15, 0.2) is 0 Å². The van der Waals surface area contributed by atoms with Gasteiger partial charge in [-0.1, -0.05) is 6.92 Å². The molecule has 0 aliphatic heterocycles. The molecule has 16 heavy (non-hydrogen) atoms. The highest BCUT2D eigenvalue weighted by atomic mass is 32.1. The van der Waals surface area contributed by atoms with E-state index in [9.17, 15) is 9.59 Å². The van der Waals surface area contributed by atoms with Crippen LogP contribution in [0.25, 0.3) is 10.3 Å². The zero-order valence-corrected chi connectivity index (χ0v) is 9.72. The van der Waals surface area contributed by atoms with Crippen molar-refractivity contribution >= 4 is 27.6 Å². The minimum atomic E-state index is -0.665. The Bertz CT molecular complexity index is 594. The summed E-state index contributed by atoms with van der Waals surface area (Å²) in [6.45, 7) is 2.02. The molecule has 0 aromatic carbocycles. The molecule has 84 valence electrons. The molecule has 2 heterocycles. The molecule has 2 aromatic heterocycles. The molecular formula is C11H10O4S. The molecule has 0 unspecified atom stereocenters. The fraction of sp³-hybridized carbons (Fsp3) is 0.273. The van der Waals surface area contributed by atoms with Gasteiger partial charge in [0, 0.05) is 4.88 Å². The van der Waals surface area contributed by atoms with E-state index in [0.717, 1.165) is 16.0 Å². The summed E-state index contributed by atoms with van der Waals surface area (Å²) in [5, 5.41) is 0. The maximum atomic E-state index is 11.5. The third kappa shape index (κ3) is 1.74. The highest BCUT2D eigenvalue weighted by molar-refractivity contribution is 7.18. The van der Waals surface area contributed by atoms with Crippen molar-refractivity contribution in [2.75, 3.05) is 7.11 Å². The van der Waals surface area contributed by atoms with Crippen molar-refractivity contribution in [3.05, 3.63) is 33.0 Å². The molecule has 0 aliphatic rings. The molecule has 0 radical (unpaired) electrons. The number of fused-ring (bicyclic) bond motifs is 1. The van der Waals surface area contributed by atoms with E-state index >= 15 is 0 Å². The highest BCUT2D eigenvalue weighted by Crippen LogP contribution is 2.25. The maximum absolute atomic E-state index is 11.5. The molecule has 0 amide bonds. The lowest BCUT2D eigenvalue weighted by molar-refractivity contribution is 0.0596. The van der Waals surface area contributed by atoms with Crippen LogP contribution >= 0.6 is 11.3 Å². The van der Waals surface area contributed by atoms with Crippen molar-refractivity contribution in [2.45, 2.75) is 13.3 Å². The van der Waals surface area contributed by atoms with Gasteiger partial charge in [-0.3, -0.25) is 0 Å². The first kappa shape index (κ1) is 10.9. The first-order valence-electron chi connectivity index (χ1n) is 4.80. The van der Waals surface area contributed by atoms with Crippen LogP contribution in [0.5, 0.6) is 0 Å². The lowest BCUT2D eigenvalue weighted by Gasteiger charge is -1.96. The zero-order chi connectivity index (χ0) is 11.7. The summed E-state index contributed by atoms with van der Waals surface area (Å²) in [5.74, 6) is -0.665. The number of ether oxygens (including phenoxy) is 1. The van der Waals surface area contributed by atoms with E-state index in [1.54, 1.807) is 0 Å². The van der Waals surface area contributed by atoms with Crippen LogP contribution in [0.15, 0.2) is 21.3 Å². The molecule has 4 nitrogen and oxygen atoms in total. The summed E-state index contributed by atoms with van der Waals surface area (Å²) in [6, 6.07) is 3.35. The average molecular weight is 238 g/mol. The standard InChI is InChI=1S/C11H10O4S/c1-3-6-4-8-9(16-6)5-7(10(12)14-2)11(13)15-8/h4-5H,3H2,1-2H3. The van der Waals surface area contributed by atoms with E-state index in [1.165, 1.54) is 24.5 Å². The summed E-state index contributed by atoms with van der Waals surface area (Å²) in [7, 11) is 1.23. The monoisotopic (exact) mass is 238 g/mol. The van der Waals surface area contributed by atoms with Crippen molar-refractivity contribution in [1.82, 2.24) is 0 Å². The van der Waals surface area contributed by atoms with Gasteiger partial charge in [0.05, 0.1) is 11.8 Å². The van der Waals surface area contributed by atoms with Crippen LogP contribution in [0.2, 0.25) is 0 Å². The van der Waals surface area contributed by atoms with Gasteiger partial charge in [-0.05, 0) is 18.6 Å². The summed E-state index contributed by atoms with van der Waals surface area (Å²) >= 11 is 1.51. The molecule has 0 saturated heterocycles. The van der Waals surface area contributed by atoms with Crippen molar-refractivity contribution in [1.29, 1.82) is 0 Å². The van der Waals surface area contributed by atoms with Gasteiger partial charge < -0.3 is 9.15 Å². The van der Waals surface area contributed by atoms with Gasteiger partial charge >= 0.3 is 11.6 Å². The Kier molecular flexibility index (Phi) is 2.78. The van der Waals surface area contributed by atoms with Crippen molar-refractivity contribution in [3.63, 3.8) is 0 Å². The number of hydrogen-bond donors (Lipinski definition) is 0. The Labute approximate surface area is 95.5 Å². The van der Waals surface area contributed by atoms with E-state index < -0.39 is 11.6 Å². The Morgan fingerprint density at radius 3 is 2.88 bits per heavy atom. The first-order valence-corrected chi connectivity index (χ1v) is 5.62. The van der Waals surface area contributed by atoms with E-state index in [1.807, 2.05) is 13.0 Å². The summed E-state index contributed by atoms with van der Waals surface area (Å²) in [6.07, 6.45) is 0.872. The summed E-state index contributed by atoms with van der Waals surface area (Å²) in [5.41, 5.74) is -0.182. The van der Waals surface area contributed by atoms with Gasteiger partial charge in [-0.2, -0.15) is 0 Å². The van der Waals surface area contributed by atoms with Crippen LogP contribution < -0.4 is 5.63 Å². The number of thiophene rings is 1. The Morgan fingerprint density at radius 1 is 1.50 bits per heavy atom. The second-order valence-electron chi connectivity index (χ2n) is 3.23. The summed E-state index contributed by atoms with van der Waals surface area (Å²) < 4.78 is 10.3. The van der Waals surface area contributed by atoms with Crippen molar-refractivity contribution < 1.29 is 13.9 Å². The van der Waals surface area contributed by atoms with Crippen LogP contribution in [0.1, 0.15) is 22.2 Å². The van der Waals surface area contributed by atoms with Crippen LogP contribution in [0, 0.1) is 0 Å². The average Bonchev–Trinajstić information content (AvgIpc) is 2.68. The van der Waals surface area contributed by atoms with Gasteiger partial charge in [0.2, 0.25) is 0 Å². The molecule has 0 atom stereocenters. The molecule has 0 fully saturated rings. The fourth-order valence-electron chi connectivity index (χ4n) is 1.39. The Morgan fingerprint density at radius 2 is 2.25 bits per heavy atom. The Hall–Kier alpha value is -1.62. The molecule has 0 N–H and O–H groups in total. The number of hydrogen-bond acceptors (Lipinski definition) is 5. The first-order chi connectivity index (χ1) is 7.65. The number of aryl methyl sites for hydroxylation is 1. The number of carbonyl (C=O) groups is 1. The molecule has 0 bridgehead atoms. The van der Waals surface area contributed by atoms with Gasteiger partial charge in [-0.15, -0.1) is 11.3 Å².